The van der Waals surface area contributed by atoms with E-state index in [1.54, 1.807) is 39.8 Å². The van der Waals surface area contributed by atoms with Crippen LogP contribution in [0.25, 0.3) is 16.9 Å². The highest BCUT2D eigenvalue weighted by Gasteiger charge is 2.38. The van der Waals surface area contributed by atoms with Gasteiger partial charge in [0.05, 0.1) is 11.7 Å². The number of likely N-dealkylation sites (tertiary alicyclic amines) is 1. The number of carbonyl (C=O) groups is 1. The lowest BCUT2D eigenvalue weighted by Gasteiger charge is -2.39. The molecular weight excluding hydrogens is 520 g/mol. The number of amides is 1. The molecule has 11 heteroatoms. The summed E-state index contributed by atoms with van der Waals surface area (Å²) in [5.74, 6) is 1.14. The van der Waals surface area contributed by atoms with Crippen LogP contribution in [0.4, 0.5) is 5.82 Å². The first-order valence-corrected chi connectivity index (χ1v) is 13.5. The smallest absolute Gasteiger partial charge is 0.335 e. The summed E-state index contributed by atoms with van der Waals surface area (Å²) in [4.78, 5) is 37.0. The molecule has 4 aromatic rings. The van der Waals surface area contributed by atoms with E-state index in [0.29, 0.717) is 34.4 Å². The molecule has 2 fully saturated rings. The molecular formula is C30H30N8O3. The molecule has 1 aliphatic heterocycles. The number of nitriles is 1. The Morgan fingerprint density at radius 2 is 1.78 bits per heavy atom. The van der Waals surface area contributed by atoms with Gasteiger partial charge in [-0.3, -0.25) is 13.9 Å². The van der Waals surface area contributed by atoms with E-state index in [1.165, 1.54) is 10.9 Å². The highest BCUT2D eigenvalue weighted by molar-refractivity contribution is 5.98. The standard InChI is InChI=1S/C30H30N8O3/c1-30(2,35-20-8-9-20)14-19(15-31)28(39)36-16-22(17-36)38-27-25(26(32)33-18-34-27)37(29(38)40)21-10-12-24(13-11-21)41-23-6-4-3-5-7-23/h3-7,10-14,18,20,22,35H,8-9,16-17H2,1-2H3,(H2,32,33,34)/b19-14-. The number of rotatable bonds is 8. The lowest BCUT2D eigenvalue weighted by molar-refractivity contribution is -0.132. The normalized spacial score (nSPS) is 15.9. The molecule has 3 N–H and O–H groups in total. The van der Waals surface area contributed by atoms with Gasteiger partial charge >= 0.3 is 5.69 Å². The number of fused-ring (bicyclic) bond motifs is 1. The molecule has 2 aromatic carbocycles. The predicted molar refractivity (Wildman–Crippen MR) is 154 cm³/mol. The summed E-state index contributed by atoms with van der Waals surface area (Å²) in [5, 5.41) is 13.2. The van der Waals surface area contributed by atoms with Crippen LogP contribution in [0.2, 0.25) is 0 Å². The van der Waals surface area contributed by atoms with Crippen molar-refractivity contribution in [3.05, 3.63) is 83.1 Å². The quantitative estimate of drug-likeness (QED) is 0.251. The second-order valence-corrected chi connectivity index (χ2v) is 11.0. The molecule has 1 saturated heterocycles. The molecule has 2 aliphatic rings. The van der Waals surface area contributed by atoms with Crippen molar-refractivity contribution in [1.29, 1.82) is 5.26 Å². The summed E-state index contributed by atoms with van der Waals surface area (Å²) >= 11 is 0. The third kappa shape index (κ3) is 5.17. The monoisotopic (exact) mass is 550 g/mol. The number of para-hydroxylation sites is 1. The zero-order valence-corrected chi connectivity index (χ0v) is 22.8. The van der Waals surface area contributed by atoms with E-state index in [4.69, 9.17) is 10.5 Å². The van der Waals surface area contributed by atoms with Gasteiger partial charge in [0.15, 0.2) is 11.5 Å². The van der Waals surface area contributed by atoms with Gasteiger partial charge in [0.2, 0.25) is 0 Å². The van der Waals surface area contributed by atoms with E-state index in [0.717, 1.165) is 12.8 Å². The first-order chi connectivity index (χ1) is 19.7. The number of benzene rings is 2. The van der Waals surface area contributed by atoms with Gasteiger partial charge in [-0.25, -0.2) is 14.8 Å². The van der Waals surface area contributed by atoms with E-state index in [-0.39, 0.29) is 42.1 Å². The van der Waals surface area contributed by atoms with Crippen molar-refractivity contribution in [1.82, 2.24) is 29.3 Å². The Kier molecular flexibility index (Phi) is 6.55. The Morgan fingerprint density at radius 3 is 2.44 bits per heavy atom. The summed E-state index contributed by atoms with van der Waals surface area (Å²) in [7, 11) is 0. The van der Waals surface area contributed by atoms with Crippen LogP contribution in [-0.4, -0.2) is 54.6 Å². The van der Waals surface area contributed by atoms with Gasteiger partial charge in [0.1, 0.15) is 35.0 Å². The minimum absolute atomic E-state index is 0.0840. The van der Waals surface area contributed by atoms with Gasteiger partial charge in [0, 0.05) is 24.7 Å². The van der Waals surface area contributed by atoms with Crippen LogP contribution < -0.4 is 21.5 Å². The lowest BCUT2D eigenvalue weighted by atomic mass is 9.99. The minimum Gasteiger partial charge on any atom is -0.457 e. The van der Waals surface area contributed by atoms with E-state index in [1.807, 2.05) is 44.2 Å². The van der Waals surface area contributed by atoms with Crippen molar-refractivity contribution in [3.8, 4) is 23.3 Å². The summed E-state index contributed by atoms with van der Waals surface area (Å²) in [5.41, 5.74) is 6.85. The molecule has 11 nitrogen and oxygen atoms in total. The average Bonchev–Trinajstić information content (AvgIpc) is 3.69. The van der Waals surface area contributed by atoms with Crippen molar-refractivity contribution in [2.24, 2.45) is 0 Å². The fourth-order valence-corrected chi connectivity index (χ4v) is 5.18. The van der Waals surface area contributed by atoms with Gasteiger partial charge in [-0.05, 0) is 69.2 Å². The zero-order valence-electron chi connectivity index (χ0n) is 22.8. The Labute approximate surface area is 236 Å². The number of anilines is 1. The molecule has 0 atom stereocenters. The largest absolute Gasteiger partial charge is 0.457 e. The molecule has 0 radical (unpaired) electrons. The number of aromatic nitrogens is 4. The van der Waals surface area contributed by atoms with Crippen molar-refractivity contribution >= 4 is 22.9 Å². The number of imidazole rings is 1. The number of hydrogen-bond donors (Lipinski definition) is 2. The predicted octanol–water partition coefficient (Wildman–Crippen LogP) is 3.32. The fraction of sp³-hybridized carbons (Fsp3) is 0.300. The molecule has 1 aliphatic carbocycles. The maximum atomic E-state index is 13.8. The van der Waals surface area contributed by atoms with Crippen LogP contribution >= 0.6 is 0 Å². The van der Waals surface area contributed by atoms with Crippen LogP contribution in [0.1, 0.15) is 32.7 Å². The van der Waals surface area contributed by atoms with Gasteiger partial charge in [-0.15, -0.1) is 0 Å². The molecule has 41 heavy (non-hydrogen) atoms. The summed E-state index contributed by atoms with van der Waals surface area (Å²) in [6.45, 7) is 4.43. The van der Waals surface area contributed by atoms with Gasteiger partial charge < -0.3 is 20.7 Å². The highest BCUT2D eigenvalue weighted by atomic mass is 16.5. The number of hydrogen-bond acceptors (Lipinski definition) is 8. The molecule has 6 rings (SSSR count). The van der Waals surface area contributed by atoms with Crippen molar-refractivity contribution < 1.29 is 9.53 Å². The third-order valence-electron chi connectivity index (χ3n) is 7.28. The van der Waals surface area contributed by atoms with Crippen LogP contribution in [0.15, 0.2) is 77.4 Å². The van der Waals surface area contributed by atoms with Crippen LogP contribution in [0.3, 0.4) is 0 Å². The van der Waals surface area contributed by atoms with Crippen molar-refractivity contribution in [3.63, 3.8) is 0 Å². The first kappa shape index (κ1) is 26.3. The summed E-state index contributed by atoms with van der Waals surface area (Å²) < 4.78 is 8.92. The average molecular weight is 551 g/mol. The van der Waals surface area contributed by atoms with E-state index >= 15 is 0 Å². The molecule has 2 aromatic heterocycles. The fourth-order valence-electron chi connectivity index (χ4n) is 5.18. The van der Waals surface area contributed by atoms with Gasteiger partial charge in [-0.1, -0.05) is 18.2 Å². The maximum absolute atomic E-state index is 13.8. The lowest BCUT2D eigenvalue weighted by Crippen LogP contribution is -2.53. The Bertz CT molecular complexity index is 1740. The van der Waals surface area contributed by atoms with E-state index in [9.17, 15) is 14.9 Å². The molecule has 0 bridgehead atoms. The van der Waals surface area contributed by atoms with Crippen LogP contribution in [0, 0.1) is 11.3 Å². The van der Waals surface area contributed by atoms with E-state index < -0.39 is 5.54 Å². The SMILES string of the molecule is CC(C)(/C=C(/C#N)C(=O)N1CC(n2c(=O)n(-c3ccc(Oc4ccccc4)cc3)c3c(N)ncnc32)C1)NC1CC1. The van der Waals surface area contributed by atoms with Crippen molar-refractivity contribution in [2.45, 2.75) is 44.3 Å². The Balaban J connectivity index is 1.26. The highest BCUT2D eigenvalue weighted by Crippen LogP contribution is 2.30. The third-order valence-corrected chi connectivity index (χ3v) is 7.28. The first-order valence-electron chi connectivity index (χ1n) is 13.5. The summed E-state index contributed by atoms with van der Waals surface area (Å²) in [6, 6.07) is 18.7. The number of ether oxygens (including phenoxy) is 1. The second-order valence-electron chi connectivity index (χ2n) is 11.0. The van der Waals surface area contributed by atoms with E-state index in [2.05, 4.69) is 21.4 Å². The molecule has 208 valence electrons. The molecule has 1 saturated carbocycles. The van der Waals surface area contributed by atoms with Crippen LogP contribution in [-0.2, 0) is 4.79 Å². The molecule has 1 amide bonds. The number of carbonyl (C=O) groups excluding carboxylic acids is 1. The Hall–Kier alpha value is -4.95. The topological polar surface area (TPSA) is 144 Å². The number of nitrogens with two attached hydrogens (primary N) is 1. The molecule has 0 unspecified atom stereocenters. The number of nitrogens with one attached hydrogen (secondary N) is 1. The summed E-state index contributed by atoms with van der Waals surface area (Å²) in [6.07, 6.45) is 5.21. The van der Waals surface area contributed by atoms with Gasteiger partial charge in [-0.2, -0.15) is 5.26 Å². The molecule has 0 spiro atoms. The minimum atomic E-state index is -0.480. The zero-order chi connectivity index (χ0) is 28.7. The maximum Gasteiger partial charge on any atom is 0.335 e. The van der Waals surface area contributed by atoms with Crippen molar-refractivity contribution in [2.75, 3.05) is 18.8 Å². The number of nitrogens with zero attached hydrogens (tertiary/aromatic N) is 6. The molecule has 3 heterocycles. The van der Waals surface area contributed by atoms with Gasteiger partial charge in [0.25, 0.3) is 5.91 Å². The van der Waals surface area contributed by atoms with Crippen LogP contribution in [0.5, 0.6) is 11.5 Å². The second kappa shape index (κ2) is 10.2. The number of nitrogen functional groups attached to an aromatic ring is 1. The Morgan fingerprint density at radius 1 is 1.10 bits per heavy atom.